The van der Waals surface area contributed by atoms with Crippen LogP contribution < -0.4 is 0 Å². The van der Waals surface area contributed by atoms with E-state index in [1.54, 1.807) is 48.5 Å². The van der Waals surface area contributed by atoms with E-state index in [0.717, 1.165) is 0 Å². The molecule has 5 atom stereocenters. The molecular weight excluding hydrogens is 383 g/mol. The minimum absolute atomic E-state index is 0.216. The zero-order valence-corrected chi connectivity index (χ0v) is 15.3. The standard InChI is InChI=1S/C21H21FO7/c1-26-18-17(29-21(25)14-10-6-3-7-11-14)16(28-19(18)22)15(23)12-27-20(24)13-8-4-2-5-9-13/h2-11,15-19,23H,12H2,1H3/t15-,16-,17+,18-,19?/m1/s1/i1D. The predicted molar refractivity (Wildman–Crippen MR) is 98.9 cm³/mol. The van der Waals surface area contributed by atoms with E-state index < -0.39 is 56.4 Å². The van der Waals surface area contributed by atoms with Crippen LogP contribution >= 0.6 is 0 Å². The highest BCUT2D eigenvalue weighted by molar-refractivity contribution is 5.89. The van der Waals surface area contributed by atoms with E-state index in [4.69, 9.17) is 20.3 Å². The lowest BCUT2D eigenvalue weighted by atomic mass is 10.1. The number of hydrogen-bond acceptors (Lipinski definition) is 7. The van der Waals surface area contributed by atoms with Crippen LogP contribution in [-0.4, -0.2) is 61.5 Å². The van der Waals surface area contributed by atoms with Crippen molar-refractivity contribution in [3.05, 3.63) is 71.8 Å². The van der Waals surface area contributed by atoms with E-state index in [0.29, 0.717) is 0 Å². The molecule has 0 amide bonds. The third-order valence-electron chi connectivity index (χ3n) is 4.41. The van der Waals surface area contributed by atoms with Gasteiger partial charge in [-0.1, -0.05) is 36.4 Å². The summed E-state index contributed by atoms with van der Waals surface area (Å²) in [4.78, 5) is 24.5. The molecule has 0 spiro atoms. The van der Waals surface area contributed by atoms with Crippen molar-refractivity contribution in [3.8, 4) is 0 Å². The summed E-state index contributed by atoms with van der Waals surface area (Å²) in [6.07, 6.45) is -7.63. The number of rotatable bonds is 7. The molecule has 1 unspecified atom stereocenters. The lowest BCUT2D eigenvalue weighted by Gasteiger charge is -2.25. The van der Waals surface area contributed by atoms with E-state index in [9.17, 15) is 19.1 Å². The Morgan fingerprint density at radius 1 is 1.07 bits per heavy atom. The number of carbonyl (C=O) groups excluding carboxylic acids is 2. The molecule has 7 nitrogen and oxygen atoms in total. The van der Waals surface area contributed by atoms with Gasteiger partial charge in [-0.05, 0) is 24.3 Å². The summed E-state index contributed by atoms with van der Waals surface area (Å²) in [7, 11) is -0.598. The molecule has 154 valence electrons. The third-order valence-corrected chi connectivity index (χ3v) is 4.41. The van der Waals surface area contributed by atoms with E-state index in [1.807, 2.05) is 0 Å². The summed E-state index contributed by atoms with van der Waals surface area (Å²) in [5, 5.41) is 10.4. The number of methoxy groups -OCH3 is 1. The van der Waals surface area contributed by atoms with Gasteiger partial charge in [-0.2, -0.15) is 0 Å². The van der Waals surface area contributed by atoms with Crippen LogP contribution in [0.5, 0.6) is 0 Å². The zero-order chi connectivity index (χ0) is 21.5. The number of hydrogen-bond donors (Lipinski definition) is 1. The van der Waals surface area contributed by atoms with Crippen molar-refractivity contribution in [1.82, 2.24) is 0 Å². The summed E-state index contributed by atoms with van der Waals surface area (Å²) < 4.78 is 42.0. The molecule has 1 N–H and O–H groups in total. The van der Waals surface area contributed by atoms with Crippen LogP contribution in [0.1, 0.15) is 22.1 Å². The molecule has 0 aliphatic carbocycles. The molecule has 0 radical (unpaired) electrons. The van der Waals surface area contributed by atoms with Crippen LogP contribution in [-0.2, 0) is 18.9 Å². The first kappa shape index (κ1) is 19.5. The van der Waals surface area contributed by atoms with Gasteiger partial charge < -0.3 is 24.1 Å². The largest absolute Gasteiger partial charge is 0.459 e. The molecule has 0 saturated carbocycles. The van der Waals surface area contributed by atoms with Crippen LogP contribution in [0.3, 0.4) is 0 Å². The van der Waals surface area contributed by atoms with Gasteiger partial charge in [-0.15, -0.1) is 0 Å². The molecule has 0 aromatic heterocycles. The van der Waals surface area contributed by atoms with E-state index in [2.05, 4.69) is 0 Å². The van der Waals surface area contributed by atoms with Crippen LogP contribution in [0.2, 0.25) is 0 Å². The van der Waals surface area contributed by atoms with Crippen molar-refractivity contribution >= 4 is 11.9 Å². The molecule has 29 heavy (non-hydrogen) atoms. The van der Waals surface area contributed by atoms with Crippen LogP contribution in [0.4, 0.5) is 4.39 Å². The first-order valence-corrected chi connectivity index (χ1v) is 8.88. The maximum Gasteiger partial charge on any atom is 0.338 e. The summed E-state index contributed by atoms with van der Waals surface area (Å²) in [5.41, 5.74) is 0.496. The van der Waals surface area contributed by atoms with Gasteiger partial charge in [0, 0.05) is 7.09 Å². The summed E-state index contributed by atoms with van der Waals surface area (Å²) in [5.74, 6) is -1.45. The topological polar surface area (TPSA) is 91.3 Å². The van der Waals surface area contributed by atoms with Gasteiger partial charge in [0.25, 0.3) is 0 Å². The highest BCUT2D eigenvalue weighted by Gasteiger charge is 2.51. The molecule has 2 aromatic carbocycles. The molecule has 2 aromatic rings. The average molecular weight is 405 g/mol. The number of carbonyl (C=O) groups is 2. The van der Waals surface area contributed by atoms with Crippen molar-refractivity contribution in [2.75, 3.05) is 13.7 Å². The number of esters is 2. The molecule has 1 saturated heterocycles. The highest BCUT2D eigenvalue weighted by Crippen LogP contribution is 2.30. The lowest BCUT2D eigenvalue weighted by molar-refractivity contribution is -0.117. The molecule has 0 bridgehead atoms. The van der Waals surface area contributed by atoms with Gasteiger partial charge in [-0.25, -0.2) is 14.0 Å². The normalized spacial score (nSPS) is 25.1. The van der Waals surface area contributed by atoms with Crippen LogP contribution in [0, 0.1) is 0 Å². The van der Waals surface area contributed by atoms with Gasteiger partial charge in [0.15, 0.2) is 12.2 Å². The summed E-state index contributed by atoms with van der Waals surface area (Å²) >= 11 is 0. The minimum atomic E-state index is -2.03. The van der Waals surface area contributed by atoms with Gasteiger partial charge in [0.05, 0.1) is 12.5 Å². The molecule has 3 rings (SSSR count). The van der Waals surface area contributed by atoms with Gasteiger partial charge in [0.2, 0.25) is 6.36 Å². The third kappa shape index (κ3) is 4.97. The molecule has 1 aliphatic heterocycles. The smallest absolute Gasteiger partial charge is 0.338 e. The lowest BCUT2D eigenvalue weighted by Crippen LogP contribution is -2.44. The van der Waals surface area contributed by atoms with Gasteiger partial charge in [0.1, 0.15) is 18.8 Å². The van der Waals surface area contributed by atoms with Gasteiger partial charge >= 0.3 is 11.9 Å². The Morgan fingerprint density at radius 2 is 1.66 bits per heavy atom. The number of benzene rings is 2. The van der Waals surface area contributed by atoms with Crippen molar-refractivity contribution in [1.29, 1.82) is 0 Å². The Kier molecular flexibility index (Phi) is 6.45. The number of aliphatic hydroxyl groups excluding tert-OH is 1. The first-order valence-electron chi connectivity index (χ1n) is 9.58. The number of halogens is 1. The molecule has 1 heterocycles. The fourth-order valence-corrected chi connectivity index (χ4v) is 2.93. The van der Waals surface area contributed by atoms with E-state index in [-0.39, 0.29) is 11.1 Å². The maximum absolute atomic E-state index is 14.3. The SMILES string of the molecule is [2H]CO[C@H]1C(F)O[C@H]([C@H](O)COC(=O)c2ccccc2)[C@@H]1OC(=O)c1ccccc1. The van der Waals surface area contributed by atoms with Gasteiger partial charge in [-0.3, -0.25) is 0 Å². The molecule has 1 aliphatic rings. The minimum Gasteiger partial charge on any atom is -0.459 e. The van der Waals surface area contributed by atoms with E-state index >= 15 is 0 Å². The number of ether oxygens (including phenoxy) is 4. The summed E-state index contributed by atoms with van der Waals surface area (Å²) in [6, 6.07) is 16.1. The first-order chi connectivity index (χ1) is 14.5. The monoisotopic (exact) mass is 405 g/mol. The van der Waals surface area contributed by atoms with Crippen molar-refractivity contribution in [2.45, 2.75) is 30.8 Å². The van der Waals surface area contributed by atoms with E-state index in [1.165, 1.54) is 12.1 Å². The quantitative estimate of drug-likeness (QED) is 0.706. The molecule has 8 heteroatoms. The van der Waals surface area contributed by atoms with Crippen molar-refractivity contribution in [3.63, 3.8) is 0 Å². The number of aliphatic hydroxyl groups is 1. The number of alkyl halides is 1. The maximum atomic E-state index is 14.3. The van der Waals surface area contributed by atoms with Crippen molar-refractivity contribution in [2.24, 2.45) is 0 Å². The fourth-order valence-electron chi connectivity index (χ4n) is 2.93. The second kappa shape index (κ2) is 9.60. The van der Waals surface area contributed by atoms with Crippen molar-refractivity contribution < 1.29 is 39.4 Å². The molecule has 1 fully saturated rings. The Balaban J connectivity index is 1.68. The average Bonchev–Trinajstić information content (AvgIpc) is 3.08. The Labute approximate surface area is 168 Å². The fraction of sp³-hybridized carbons (Fsp3) is 0.333. The summed E-state index contributed by atoms with van der Waals surface area (Å²) in [6.45, 7) is -0.516. The Morgan fingerprint density at radius 3 is 2.24 bits per heavy atom. The zero-order valence-electron chi connectivity index (χ0n) is 16.3. The van der Waals surface area contributed by atoms with Crippen LogP contribution in [0.25, 0.3) is 0 Å². The Bertz CT molecular complexity index is 836. The second-order valence-corrected chi connectivity index (χ2v) is 6.35. The Hall–Kier alpha value is -2.81. The second-order valence-electron chi connectivity index (χ2n) is 6.35. The highest BCUT2D eigenvalue weighted by atomic mass is 19.1. The molecular formula is C21H21FO7. The van der Waals surface area contributed by atoms with Crippen LogP contribution in [0.15, 0.2) is 60.7 Å². The predicted octanol–water partition coefficient (Wildman–Crippen LogP) is 2.14.